The first-order valence-corrected chi connectivity index (χ1v) is 11.6. The van der Waals surface area contributed by atoms with Gasteiger partial charge in [-0.05, 0) is 65.4 Å². The number of aromatic hydroxyl groups is 1. The molecule has 0 radical (unpaired) electrons. The number of anilines is 1. The highest BCUT2D eigenvalue weighted by Gasteiger charge is 2.37. The average molecular weight is 431 g/mol. The van der Waals surface area contributed by atoms with Crippen molar-refractivity contribution < 1.29 is 5.11 Å². The van der Waals surface area contributed by atoms with E-state index in [9.17, 15) is 5.11 Å². The van der Waals surface area contributed by atoms with Crippen LogP contribution in [-0.4, -0.2) is 11.3 Å². The van der Waals surface area contributed by atoms with Crippen molar-refractivity contribution in [3.63, 3.8) is 0 Å². The van der Waals surface area contributed by atoms with E-state index in [2.05, 4.69) is 71.8 Å². The van der Waals surface area contributed by atoms with E-state index in [1.807, 2.05) is 30.3 Å². The topological polar surface area (TPSA) is 44.6 Å². The lowest BCUT2D eigenvalue weighted by Gasteiger charge is -2.37. The van der Waals surface area contributed by atoms with E-state index in [4.69, 9.17) is 0 Å². The standard InChI is InChI=1S/C30H26N2O/c1-19-9-15-28-26(17-19)24-7-4-8-25(24)30(32-28)21-10-13-22(14-11-21)31-18-27-23-6-3-2-5-20(23)12-16-29(27)33/h2-7,9-18,24-25,30,32-33H,8H2,1H3/t24-,25-,30+/m1/s1. The van der Waals surface area contributed by atoms with Gasteiger partial charge in [-0.1, -0.05) is 72.3 Å². The van der Waals surface area contributed by atoms with Crippen LogP contribution in [0.4, 0.5) is 11.4 Å². The molecule has 1 aliphatic heterocycles. The lowest BCUT2D eigenvalue weighted by molar-refractivity contribution is 0.425. The van der Waals surface area contributed by atoms with Gasteiger partial charge in [0.05, 0.1) is 11.7 Å². The molecule has 1 aliphatic carbocycles. The molecule has 0 unspecified atom stereocenters. The Morgan fingerprint density at radius 2 is 1.82 bits per heavy atom. The molecular weight excluding hydrogens is 404 g/mol. The van der Waals surface area contributed by atoms with E-state index in [1.165, 1.54) is 22.4 Å². The summed E-state index contributed by atoms with van der Waals surface area (Å²) >= 11 is 0. The van der Waals surface area contributed by atoms with Gasteiger partial charge in [-0.2, -0.15) is 0 Å². The largest absolute Gasteiger partial charge is 0.507 e. The molecule has 0 spiro atoms. The molecule has 0 amide bonds. The van der Waals surface area contributed by atoms with E-state index in [-0.39, 0.29) is 11.8 Å². The molecule has 0 aromatic heterocycles. The third-order valence-electron chi connectivity index (χ3n) is 7.06. The third-order valence-corrected chi connectivity index (χ3v) is 7.06. The summed E-state index contributed by atoms with van der Waals surface area (Å²) in [7, 11) is 0. The fourth-order valence-electron chi connectivity index (χ4n) is 5.37. The summed E-state index contributed by atoms with van der Waals surface area (Å²) in [5.41, 5.74) is 6.88. The molecule has 4 aromatic carbocycles. The van der Waals surface area contributed by atoms with Gasteiger partial charge in [0.1, 0.15) is 5.75 Å². The second-order valence-electron chi connectivity index (χ2n) is 9.14. The molecule has 3 heteroatoms. The fraction of sp³-hybridized carbons (Fsp3) is 0.167. The molecule has 1 heterocycles. The van der Waals surface area contributed by atoms with Crippen molar-refractivity contribution in [2.75, 3.05) is 5.32 Å². The number of aliphatic imine (C=N–C) groups is 1. The zero-order valence-electron chi connectivity index (χ0n) is 18.6. The number of phenolic OH excluding ortho intramolecular Hbond substituents is 1. The fourth-order valence-corrected chi connectivity index (χ4v) is 5.37. The molecule has 6 rings (SSSR count). The zero-order valence-corrected chi connectivity index (χ0v) is 18.6. The van der Waals surface area contributed by atoms with Gasteiger partial charge in [-0.25, -0.2) is 0 Å². The van der Waals surface area contributed by atoms with Gasteiger partial charge in [-0.3, -0.25) is 4.99 Å². The molecule has 4 aromatic rings. The van der Waals surface area contributed by atoms with E-state index >= 15 is 0 Å². The number of aryl methyl sites for hydroxylation is 1. The first-order valence-electron chi connectivity index (χ1n) is 11.6. The summed E-state index contributed by atoms with van der Waals surface area (Å²) < 4.78 is 0. The number of hydrogen-bond donors (Lipinski definition) is 2. The number of fused-ring (bicyclic) bond motifs is 4. The molecule has 0 saturated carbocycles. The van der Waals surface area contributed by atoms with Crippen molar-refractivity contribution in [2.45, 2.75) is 25.3 Å². The lowest BCUT2D eigenvalue weighted by atomic mass is 9.76. The summed E-state index contributed by atoms with van der Waals surface area (Å²) in [5.74, 6) is 1.24. The van der Waals surface area contributed by atoms with Gasteiger partial charge < -0.3 is 10.4 Å². The van der Waals surface area contributed by atoms with Crippen LogP contribution in [0.3, 0.4) is 0 Å². The minimum absolute atomic E-state index is 0.245. The highest BCUT2D eigenvalue weighted by Crippen LogP contribution is 2.50. The smallest absolute Gasteiger partial charge is 0.124 e. The van der Waals surface area contributed by atoms with Crippen LogP contribution in [0.2, 0.25) is 0 Å². The van der Waals surface area contributed by atoms with Crippen LogP contribution in [0.25, 0.3) is 10.8 Å². The van der Waals surface area contributed by atoms with Crippen molar-refractivity contribution >= 4 is 28.4 Å². The SMILES string of the molecule is Cc1ccc2c(c1)[C@@H]1C=CC[C@H]1[C@H](c1ccc(N=Cc3c(O)ccc4ccccc34)cc1)N2. The van der Waals surface area contributed by atoms with Crippen LogP contribution in [0.15, 0.2) is 96.0 Å². The molecule has 2 aliphatic rings. The Labute approximate surface area is 194 Å². The van der Waals surface area contributed by atoms with Crippen molar-refractivity contribution in [1.29, 1.82) is 0 Å². The Hall–Kier alpha value is -3.85. The Kier molecular flexibility index (Phi) is 4.76. The maximum Gasteiger partial charge on any atom is 0.124 e. The summed E-state index contributed by atoms with van der Waals surface area (Å²) in [6, 6.07) is 27.2. The first-order chi connectivity index (χ1) is 16.2. The Bertz CT molecular complexity index is 1400. The number of benzene rings is 4. The number of allylic oxidation sites excluding steroid dienone is 2. The van der Waals surface area contributed by atoms with E-state index in [0.29, 0.717) is 11.8 Å². The molecule has 3 nitrogen and oxygen atoms in total. The maximum absolute atomic E-state index is 10.4. The van der Waals surface area contributed by atoms with Crippen molar-refractivity contribution in [3.05, 3.63) is 113 Å². The zero-order chi connectivity index (χ0) is 22.4. The molecule has 0 saturated heterocycles. The highest BCUT2D eigenvalue weighted by molar-refractivity contribution is 6.02. The van der Waals surface area contributed by atoms with Crippen molar-refractivity contribution in [2.24, 2.45) is 10.9 Å². The lowest BCUT2D eigenvalue weighted by Crippen LogP contribution is -2.29. The summed E-state index contributed by atoms with van der Waals surface area (Å²) in [5, 5.41) is 16.3. The van der Waals surface area contributed by atoms with E-state index in [1.54, 1.807) is 12.3 Å². The molecule has 2 N–H and O–H groups in total. The molecular formula is C30H26N2O. The maximum atomic E-state index is 10.4. The monoisotopic (exact) mass is 430 g/mol. The quantitative estimate of drug-likeness (QED) is 0.262. The van der Waals surface area contributed by atoms with Crippen LogP contribution >= 0.6 is 0 Å². The summed E-state index contributed by atoms with van der Waals surface area (Å²) in [6.45, 7) is 2.16. The van der Waals surface area contributed by atoms with E-state index < -0.39 is 0 Å². The predicted molar refractivity (Wildman–Crippen MR) is 137 cm³/mol. The molecule has 33 heavy (non-hydrogen) atoms. The summed E-state index contributed by atoms with van der Waals surface area (Å²) in [6.07, 6.45) is 7.57. The van der Waals surface area contributed by atoms with E-state index in [0.717, 1.165) is 28.4 Å². The highest BCUT2D eigenvalue weighted by atomic mass is 16.3. The minimum atomic E-state index is 0.245. The minimum Gasteiger partial charge on any atom is -0.507 e. The van der Waals surface area contributed by atoms with Gasteiger partial charge in [0.15, 0.2) is 0 Å². The van der Waals surface area contributed by atoms with Gasteiger partial charge in [0.2, 0.25) is 0 Å². The number of nitrogens with one attached hydrogen (secondary N) is 1. The normalized spacial score (nSPS) is 21.2. The van der Waals surface area contributed by atoms with Gasteiger partial charge in [-0.15, -0.1) is 0 Å². The van der Waals surface area contributed by atoms with Crippen LogP contribution in [0.5, 0.6) is 5.75 Å². The predicted octanol–water partition coefficient (Wildman–Crippen LogP) is 7.43. The average Bonchev–Trinajstić information content (AvgIpc) is 3.34. The Morgan fingerprint density at radius 3 is 2.70 bits per heavy atom. The third kappa shape index (κ3) is 3.50. The molecule has 3 atom stereocenters. The van der Waals surface area contributed by atoms with Crippen LogP contribution < -0.4 is 5.32 Å². The van der Waals surface area contributed by atoms with Gasteiger partial charge in [0, 0.05) is 23.4 Å². The summed E-state index contributed by atoms with van der Waals surface area (Å²) in [4.78, 5) is 4.67. The van der Waals surface area contributed by atoms with Crippen LogP contribution in [-0.2, 0) is 0 Å². The van der Waals surface area contributed by atoms with Crippen LogP contribution in [0, 0.1) is 12.8 Å². The molecule has 162 valence electrons. The van der Waals surface area contributed by atoms with Gasteiger partial charge in [0.25, 0.3) is 0 Å². The number of rotatable bonds is 3. The van der Waals surface area contributed by atoms with Crippen molar-refractivity contribution in [1.82, 2.24) is 0 Å². The number of nitrogens with zero attached hydrogens (tertiary/aromatic N) is 1. The Morgan fingerprint density at radius 1 is 0.970 bits per heavy atom. The van der Waals surface area contributed by atoms with Crippen LogP contribution in [0.1, 0.15) is 40.6 Å². The number of phenols is 1. The second kappa shape index (κ2) is 7.93. The molecule has 0 fully saturated rings. The number of hydrogen-bond acceptors (Lipinski definition) is 3. The molecule has 0 bridgehead atoms. The van der Waals surface area contributed by atoms with Crippen molar-refractivity contribution in [3.8, 4) is 5.75 Å². The first kappa shape index (κ1) is 19.8. The van der Waals surface area contributed by atoms with Gasteiger partial charge >= 0.3 is 0 Å². The second-order valence-corrected chi connectivity index (χ2v) is 9.14. The Balaban J connectivity index is 1.28.